The number of nitrogens with one attached hydrogen (secondary N) is 1. The van der Waals surface area contributed by atoms with Gasteiger partial charge in [-0.2, -0.15) is 0 Å². The Hall–Kier alpha value is -1.02. The van der Waals surface area contributed by atoms with E-state index in [9.17, 15) is 0 Å². The lowest BCUT2D eigenvalue weighted by atomic mass is 9.97. The zero-order valence-corrected chi connectivity index (χ0v) is 12.1. The van der Waals surface area contributed by atoms with E-state index in [1.54, 1.807) is 0 Å². The van der Waals surface area contributed by atoms with Crippen LogP contribution in [0.15, 0.2) is 24.3 Å². The van der Waals surface area contributed by atoms with Crippen LogP contribution in [0.1, 0.15) is 45.1 Å². The summed E-state index contributed by atoms with van der Waals surface area (Å²) in [6, 6.07) is 10.4. The third kappa shape index (κ3) is 2.86. The average Bonchev–Trinajstić information content (AvgIpc) is 2.38. The molecule has 1 aromatic carbocycles. The molecule has 2 nitrogen and oxygen atoms in total. The maximum atomic E-state index is 3.40. The lowest BCUT2D eigenvalue weighted by Crippen LogP contribution is -2.46. The second-order valence-electron chi connectivity index (χ2n) is 5.80. The number of rotatable bonds is 3. The van der Waals surface area contributed by atoms with Gasteiger partial charge in [-0.15, -0.1) is 0 Å². The molecule has 0 radical (unpaired) electrons. The summed E-state index contributed by atoms with van der Waals surface area (Å²) in [5.74, 6) is 0.617. The van der Waals surface area contributed by atoms with Crippen molar-refractivity contribution in [1.82, 2.24) is 5.32 Å². The fraction of sp³-hybridized carbons (Fsp3) is 0.625. The van der Waals surface area contributed by atoms with Crippen molar-refractivity contribution in [3.8, 4) is 0 Å². The zero-order valence-electron chi connectivity index (χ0n) is 12.1. The summed E-state index contributed by atoms with van der Waals surface area (Å²) in [7, 11) is 2.07. The fourth-order valence-electron chi connectivity index (χ4n) is 2.87. The summed E-state index contributed by atoms with van der Waals surface area (Å²) in [6.07, 6.45) is 2.48. The van der Waals surface area contributed by atoms with E-state index in [4.69, 9.17) is 0 Å². The molecule has 1 heterocycles. The molecule has 2 rings (SSSR count). The second-order valence-corrected chi connectivity index (χ2v) is 5.80. The molecule has 18 heavy (non-hydrogen) atoms. The van der Waals surface area contributed by atoms with Gasteiger partial charge in [-0.1, -0.05) is 26.0 Å². The number of nitrogens with zero attached hydrogens (tertiary/aromatic N) is 1. The van der Waals surface area contributed by atoms with Crippen LogP contribution in [0.5, 0.6) is 0 Å². The molecule has 0 aromatic heterocycles. The molecule has 1 N–H and O–H groups in total. The van der Waals surface area contributed by atoms with E-state index in [1.807, 2.05) is 0 Å². The standard InChI is InChI=1S/C16H26N2/c1-12(2)14-5-7-16(8-6-14)18-10-9-15(17-4)11-13(18)3/h5-8,12-13,15,17H,9-11H2,1-4H3. The van der Waals surface area contributed by atoms with Gasteiger partial charge in [0, 0.05) is 24.3 Å². The number of hydrogen-bond donors (Lipinski definition) is 1. The minimum atomic E-state index is 0.617. The van der Waals surface area contributed by atoms with E-state index in [2.05, 4.69) is 62.3 Å². The number of piperidine rings is 1. The number of hydrogen-bond acceptors (Lipinski definition) is 2. The highest BCUT2D eigenvalue weighted by Gasteiger charge is 2.24. The Morgan fingerprint density at radius 1 is 1.22 bits per heavy atom. The molecular weight excluding hydrogens is 220 g/mol. The van der Waals surface area contributed by atoms with Crippen LogP contribution in [0.4, 0.5) is 5.69 Å². The Bertz CT molecular complexity index is 369. The first kappa shape index (κ1) is 13.4. The van der Waals surface area contributed by atoms with E-state index in [0.717, 1.165) is 6.54 Å². The highest BCUT2D eigenvalue weighted by Crippen LogP contribution is 2.26. The fourth-order valence-corrected chi connectivity index (χ4v) is 2.87. The van der Waals surface area contributed by atoms with Crippen LogP contribution in [-0.4, -0.2) is 25.7 Å². The van der Waals surface area contributed by atoms with Gasteiger partial charge in [0.2, 0.25) is 0 Å². The largest absolute Gasteiger partial charge is 0.369 e. The first-order valence-electron chi connectivity index (χ1n) is 7.15. The van der Waals surface area contributed by atoms with Gasteiger partial charge < -0.3 is 10.2 Å². The molecule has 100 valence electrons. The highest BCUT2D eigenvalue weighted by molar-refractivity contribution is 5.49. The van der Waals surface area contributed by atoms with E-state index < -0.39 is 0 Å². The monoisotopic (exact) mass is 246 g/mol. The van der Waals surface area contributed by atoms with E-state index in [0.29, 0.717) is 18.0 Å². The molecule has 1 saturated heterocycles. The Labute approximate surface area is 111 Å². The van der Waals surface area contributed by atoms with Gasteiger partial charge in [0.15, 0.2) is 0 Å². The molecule has 0 aliphatic carbocycles. The molecule has 0 bridgehead atoms. The molecule has 2 unspecified atom stereocenters. The van der Waals surface area contributed by atoms with Crippen LogP contribution in [-0.2, 0) is 0 Å². The quantitative estimate of drug-likeness (QED) is 0.879. The first-order chi connectivity index (χ1) is 8.61. The van der Waals surface area contributed by atoms with Gasteiger partial charge >= 0.3 is 0 Å². The normalized spacial score (nSPS) is 24.6. The van der Waals surface area contributed by atoms with Crippen molar-refractivity contribution in [1.29, 1.82) is 0 Å². The highest BCUT2D eigenvalue weighted by atomic mass is 15.2. The molecule has 1 aliphatic rings. The molecular formula is C16H26N2. The van der Waals surface area contributed by atoms with Gasteiger partial charge in [0.25, 0.3) is 0 Å². The predicted molar refractivity (Wildman–Crippen MR) is 79.4 cm³/mol. The maximum absolute atomic E-state index is 3.40. The van der Waals surface area contributed by atoms with Crippen LogP contribution < -0.4 is 10.2 Å². The molecule has 1 fully saturated rings. The van der Waals surface area contributed by atoms with Crippen LogP contribution in [0.25, 0.3) is 0 Å². The molecule has 2 atom stereocenters. The maximum Gasteiger partial charge on any atom is 0.0368 e. The predicted octanol–water partition coefficient (Wildman–Crippen LogP) is 3.39. The van der Waals surface area contributed by atoms with Gasteiger partial charge in [0.1, 0.15) is 0 Å². The van der Waals surface area contributed by atoms with Crippen molar-refractivity contribution >= 4 is 5.69 Å². The van der Waals surface area contributed by atoms with Crippen LogP contribution in [0.3, 0.4) is 0 Å². The Morgan fingerprint density at radius 3 is 2.39 bits per heavy atom. The summed E-state index contributed by atoms with van der Waals surface area (Å²) in [4.78, 5) is 2.54. The van der Waals surface area contributed by atoms with E-state index in [1.165, 1.54) is 24.1 Å². The SMILES string of the molecule is CNC1CCN(c2ccc(C(C)C)cc2)C(C)C1. The molecule has 2 heteroatoms. The molecule has 0 saturated carbocycles. The summed E-state index contributed by atoms with van der Waals surface area (Å²) in [6.45, 7) is 7.99. The number of anilines is 1. The Kier molecular flexibility index (Phi) is 4.28. The van der Waals surface area contributed by atoms with Crippen molar-refractivity contribution in [3.63, 3.8) is 0 Å². The van der Waals surface area contributed by atoms with Gasteiger partial charge in [-0.05, 0) is 50.4 Å². The zero-order chi connectivity index (χ0) is 13.1. The summed E-state index contributed by atoms with van der Waals surface area (Å²) >= 11 is 0. The first-order valence-corrected chi connectivity index (χ1v) is 7.15. The summed E-state index contributed by atoms with van der Waals surface area (Å²) in [5.41, 5.74) is 2.80. The Morgan fingerprint density at radius 2 is 1.89 bits per heavy atom. The summed E-state index contributed by atoms with van der Waals surface area (Å²) in [5, 5.41) is 3.40. The lowest BCUT2D eigenvalue weighted by molar-refractivity contribution is 0.387. The lowest BCUT2D eigenvalue weighted by Gasteiger charge is -2.39. The average molecular weight is 246 g/mol. The Balaban J connectivity index is 2.07. The van der Waals surface area contributed by atoms with Crippen LogP contribution >= 0.6 is 0 Å². The second kappa shape index (κ2) is 5.75. The van der Waals surface area contributed by atoms with Crippen molar-refractivity contribution in [3.05, 3.63) is 29.8 Å². The summed E-state index contributed by atoms with van der Waals surface area (Å²) < 4.78 is 0. The van der Waals surface area contributed by atoms with Crippen molar-refractivity contribution in [2.45, 2.75) is 51.6 Å². The molecule has 0 spiro atoms. The number of benzene rings is 1. The minimum absolute atomic E-state index is 0.617. The van der Waals surface area contributed by atoms with Gasteiger partial charge in [0.05, 0.1) is 0 Å². The van der Waals surface area contributed by atoms with Gasteiger partial charge in [-0.3, -0.25) is 0 Å². The van der Waals surface area contributed by atoms with Crippen LogP contribution in [0, 0.1) is 0 Å². The van der Waals surface area contributed by atoms with E-state index >= 15 is 0 Å². The van der Waals surface area contributed by atoms with Crippen molar-refractivity contribution in [2.24, 2.45) is 0 Å². The van der Waals surface area contributed by atoms with Crippen molar-refractivity contribution < 1.29 is 0 Å². The molecule has 1 aromatic rings. The van der Waals surface area contributed by atoms with E-state index in [-0.39, 0.29) is 0 Å². The molecule has 0 amide bonds. The smallest absolute Gasteiger partial charge is 0.0368 e. The third-order valence-electron chi connectivity index (χ3n) is 4.18. The van der Waals surface area contributed by atoms with Gasteiger partial charge in [-0.25, -0.2) is 0 Å². The van der Waals surface area contributed by atoms with Crippen molar-refractivity contribution in [2.75, 3.05) is 18.5 Å². The minimum Gasteiger partial charge on any atom is -0.369 e. The molecule has 1 aliphatic heterocycles. The van der Waals surface area contributed by atoms with Crippen LogP contribution in [0.2, 0.25) is 0 Å². The third-order valence-corrected chi connectivity index (χ3v) is 4.18. The topological polar surface area (TPSA) is 15.3 Å².